The lowest BCUT2D eigenvalue weighted by atomic mass is 10.0. The van der Waals surface area contributed by atoms with E-state index in [1.165, 1.54) is 0 Å². The number of benzene rings is 1. The van der Waals surface area contributed by atoms with Crippen molar-refractivity contribution in [3.05, 3.63) is 23.2 Å². The zero-order valence-corrected chi connectivity index (χ0v) is 12.4. The number of halogens is 1. The van der Waals surface area contributed by atoms with E-state index in [0.29, 0.717) is 10.8 Å². The molecule has 0 aliphatic carbocycles. The summed E-state index contributed by atoms with van der Waals surface area (Å²) in [5.74, 6) is 0.674. The minimum Gasteiger partial charge on any atom is -0.489 e. The second-order valence-corrected chi connectivity index (χ2v) is 5.74. The summed E-state index contributed by atoms with van der Waals surface area (Å²) in [5, 5.41) is 13.6. The van der Waals surface area contributed by atoms with Crippen LogP contribution in [0.2, 0.25) is 5.02 Å². The van der Waals surface area contributed by atoms with Crippen LogP contribution in [0, 0.1) is 0 Å². The molecule has 2 N–H and O–H groups in total. The summed E-state index contributed by atoms with van der Waals surface area (Å²) in [4.78, 5) is 0. The van der Waals surface area contributed by atoms with Crippen LogP contribution in [0.5, 0.6) is 5.75 Å². The first-order valence-electron chi connectivity index (χ1n) is 6.15. The van der Waals surface area contributed by atoms with Crippen molar-refractivity contribution in [1.29, 1.82) is 0 Å². The molecule has 102 valence electrons. The summed E-state index contributed by atoms with van der Waals surface area (Å²) in [6, 6.07) is 5.46. The third-order valence-electron chi connectivity index (χ3n) is 2.74. The maximum absolute atomic E-state index is 9.87. The SMILES string of the molecule is CC(C)Oc1ccc(NC(C)C(C)(C)O)cc1Cl. The van der Waals surface area contributed by atoms with Crippen LogP contribution in [0.3, 0.4) is 0 Å². The van der Waals surface area contributed by atoms with Gasteiger partial charge in [0.2, 0.25) is 0 Å². The van der Waals surface area contributed by atoms with E-state index < -0.39 is 5.60 Å². The Morgan fingerprint density at radius 2 is 1.89 bits per heavy atom. The molecule has 0 aromatic heterocycles. The van der Waals surface area contributed by atoms with E-state index in [9.17, 15) is 5.11 Å². The van der Waals surface area contributed by atoms with Gasteiger partial charge in [-0.25, -0.2) is 0 Å². The van der Waals surface area contributed by atoms with Crippen molar-refractivity contribution in [1.82, 2.24) is 0 Å². The number of aliphatic hydroxyl groups is 1. The second kappa shape index (κ2) is 5.81. The maximum atomic E-state index is 9.87. The molecule has 1 rings (SSSR count). The van der Waals surface area contributed by atoms with E-state index in [4.69, 9.17) is 16.3 Å². The van der Waals surface area contributed by atoms with Crippen LogP contribution in [-0.4, -0.2) is 22.9 Å². The van der Waals surface area contributed by atoms with Gasteiger partial charge < -0.3 is 15.2 Å². The molecule has 1 aromatic rings. The Hall–Kier alpha value is -0.930. The number of nitrogens with one attached hydrogen (secondary N) is 1. The molecule has 0 amide bonds. The molecular weight excluding hydrogens is 250 g/mol. The highest BCUT2D eigenvalue weighted by Gasteiger charge is 2.22. The Balaban J connectivity index is 2.79. The van der Waals surface area contributed by atoms with Gasteiger partial charge in [0.1, 0.15) is 5.75 Å². The molecule has 0 heterocycles. The molecule has 0 radical (unpaired) electrons. The highest BCUT2D eigenvalue weighted by molar-refractivity contribution is 6.32. The first-order valence-corrected chi connectivity index (χ1v) is 6.53. The van der Waals surface area contributed by atoms with Gasteiger partial charge in [0.25, 0.3) is 0 Å². The first kappa shape index (κ1) is 15.1. The summed E-state index contributed by atoms with van der Waals surface area (Å²) < 4.78 is 5.56. The maximum Gasteiger partial charge on any atom is 0.138 e. The van der Waals surface area contributed by atoms with Gasteiger partial charge in [0.05, 0.1) is 22.8 Å². The lowest BCUT2D eigenvalue weighted by Crippen LogP contribution is -2.39. The van der Waals surface area contributed by atoms with Crippen LogP contribution in [0.15, 0.2) is 18.2 Å². The van der Waals surface area contributed by atoms with Crippen molar-refractivity contribution < 1.29 is 9.84 Å². The quantitative estimate of drug-likeness (QED) is 0.858. The van der Waals surface area contributed by atoms with Gasteiger partial charge in [-0.3, -0.25) is 0 Å². The molecule has 18 heavy (non-hydrogen) atoms. The van der Waals surface area contributed by atoms with Crippen LogP contribution >= 0.6 is 11.6 Å². The standard InChI is InChI=1S/C14H22ClNO2/c1-9(2)18-13-7-6-11(8-12(13)15)16-10(3)14(4,5)17/h6-10,16-17H,1-5H3. The van der Waals surface area contributed by atoms with E-state index in [-0.39, 0.29) is 12.1 Å². The van der Waals surface area contributed by atoms with Gasteiger partial charge in [-0.1, -0.05) is 11.6 Å². The summed E-state index contributed by atoms with van der Waals surface area (Å²) in [7, 11) is 0. The zero-order chi connectivity index (χ0) is 13.9. The van der Waals surface area contributed by atoms with Gasteiger partial charge >= 0.3 is 0 Å². The fraction of sp³-hybridized carbons (Fsp3) is 0.571. The molecular formula is C14H22ClNO2. The molecule has 0 bridgehead atoms. The number of hydrogen-bond donors (Lipinski definition) is 2. The van der Waals surface area contributed by atoms with Crippen LogP contribution < -0.4 is 10.1 Å². The van der Waals surface area contributed by atoms with Gasteiger partial charge in [-0.15, -0.1) is 0 Å². The number of anilines is 1. The van der Waals surface area contributed by atoms with Crippen LogP contribution in [0.25, 0.3) is 0 Å². The summed E-state index contributed by atoms with van der Waals surface area (Å²) in [5.41, 5.74) is 0.0743. The Labute approximate surface area is 114 Å². The second-order valence-electron chi connectivity index (χ2n) is 5.33. The van der Waals surface area contributed by atoms with E-state index in [1.54, 1.807) is 13.8 Å². The Morgan fingerprint density at radius 3 is 2.33 bits per heavy atom. The molecule has 0 saturated carbocycles. The molecule has 0 aliphatic heterocycles. The Morgan fingerprint density at radius 1 is 1.28 bits per heavy atom. The number of ether oxygens (including phenoxy) is 1. The topological polar surface area (TPSA) is 41.5 Å². The van der Waals surface area contributed by atoms with Gasteiger partial charge in [0, 0.05) is 5.69 Å². The molecule has 1 aromatic carbocycles. The minimum atomic E-state index is -0.792. The summed E-state index contributed by atoms with van der Waals surface area (Å²) >= 11 is 6.14. The Bertz CT molecular complexity index is 399. The molecule has 4 heteroatoms. The highest BCUT2D eigenvalue weighted by atomic mass is 35.5. The van der Waals surface area contributed by atoms with Crippen molar-refractivity contribution in [3.8, 4) is 5.75 Å². The molecule has 0 aliphatic rings. The average Bonchev–Trinajstić information content (AvgIpc) is 2.20. The third-order valence-corrected chi connectivity index (χ3v) is 3.03. The number of rotatable bonds is 5. The van der Waals surface area contributed by atoms with Crippen LogP contribution in [0.4, 0.5) is 5.69 Å². The van der Waals surface area contributed by atoms with E-state index in [2.05, 4.69) is 5.32 Å². The summed E-state index contributed by atoms with van der Waals surface area (Å²) in [6.07, 6.45) is 0.0941. The third kappa shape index (κ3) is 4.39. The lowest BCUT2D eigenvalue weighted by Gasteiger charge is -2.27. The predicted octanol–water partition coefficient (Wildman–Crippen LogP) is 3.70. The monoisotopic (exact) mass is 271 g/mol. The van der Waals surface area contributed by atoms with Crippen molar-refractivity contribution >= 4 is 17.3 Å². The normalized spacial score (nSPS) is 13.6. The fourth-order valence-corrected chi connectivity index (χ4v) is 1.59. The molecule has 0 fully saturated rings. The van der Waals surface area contributed by atoms with Gasteiger partial charge in [-0.2, -0.15) is 0 Å². The molecule has 3 nitrogen and oxygen atoms in total. The smallest absolute Gasteiger partial charge is 0.138 e. The van der Waals surface area contributed by atoms with E-state index >= 15 is 0 Å². The molecule has 0 saturated heterocycles. The highest BCUT2D eigenvalue weighted by Crippen LogP contribution is 2.29. The van der Waals surface area contributed by atoms with Crippen molar-refractivity contribution in [3.63, 3.8) is 0 Å². The lowest BCUT2D eigenvalue weighted by molar-refractivity contribution is 0.0649. The van der Waals surface area contributed by atoms with Crippen molar-refractivity contribution in [2.24, 2.45) is 0 Å². The van der Waals surface area contributed by atoms with Crippen LogP contribution in [-0.2, 0) is 0 Å². The predicted molar refractivity (Wildman–Crippen MR) is 76.6 cm³/mol. The van der Waals surface area contributed by atoms with E-state index in [1.807, 2.05) is 39.0 Å². The van der Waals surface area contributed by atoms with Crippen LogP contribution in [0.1, 0.15) is 34.6 Å². The van der Waals surface area contributed by atoms with Crippen molar-refractivity contribution in [2.45, 2.75) is 52.4 Å². The Kier molecular flexibility index (Phi) is 4.88. The minimum absolute atomic E-state index is 0.0783. The first-order chi connectivity index (χ1) is 8.20. The van der Waals surface area contributed by atoms with E-state index in [0.717, 1.165) is 5.69 Å². The van der Waals surface area contributed by atoms with Gasteiger partial charge in [-0.05, 0) is 52.8 Å². The zero-order valence-electron chi connectivity index (χ0n) is 11.6. The molecule has 1 unspecified atom stereocenters. The average molecular weight is 272 g/mol. The van der Waals surface area contributed by atoms with Crippen molar-refractivity contribution in [2.75, 3.05) is 5.32 Å². The number of hydrogen-bond acceptors (Lipinski definition) is 3. The molecule has 0 spiro atoms. The largest absolute Gasteiger partial charge is 0.489 e. The van der Waals surface area contributed by atoms with Gasteiger partial charge in [0.15, 0.2) is 0 Å². The fourth-order valence-electron chi connectivity index (χ4n) is 1.37. The summed E-state index contributed by atoms with van der Waals surface area (Å²) in [6.45, 7) is 9.37. The molecule has 1 atom stereocenters.